The first kappa shape index (κ1) is 26.6. The summed E-state index contributed by atoms with van der Waals surface area (Å²) in [5.41, 5.74) is 1.69. The molecule has 1 fully saturated rings. The molecule has 170 valence electrons. The van der Waals surface area contributed by atoms with Crippen LogP contribution in [0.4, 0.5) is 0 Å². The Labute approximate surface area is 197 Å². The van der Waals surface area contributed by atoms with Crippen molar-refractivity contribution in [3.8, 4) is 0 Å². The minimum absolute atomic E-state index is 0. The number of rotatable bonds is 11. The topological polar surface area (TPSA) is 95.0 Å². The molecule has 1 aromatic carbocycles. The second kappa shape index (κ2) is 14.6. The van der Waals surface area contributed by atoms with Gasteiger partial charge in [0.25, 0.3) is 5.91 Å². The lowest BCUT2D eigenvalue weighted by Crippen LogP contribution is -2.44. The first-order valence-corrected chi connectivity index (χ1v) is 10.7. The van der Waals surface area contributed by atoms with Gasteiger partial charge in [0.2, 0.25) is 0 Å². The maximum atomic E-state index is 12.1. The van der Waals surface area contributed by atoms with Crippen LogP contribution in [0.2, 0.25) is 0 Å². The Kier molecular flexibility index (Phi) is 13.0. The standard InChI is InChI=1S/C22H36N4O3.HI/c1-3-5-12-24-20(28)19-8-6-18(7-9-19)15-25-21(23-4-2)26-16-22(10-13-27)11-14-29-17-22;/h6-9,27H,3-5,10-17H2,1-2H3,(H,24,28)(H2,23,25,26);1H. The van der Waals surface area contributed by atoms with Gasteiger partial charge in [-0.05, 0) is 43.9 Å². The number of nitrogens with zero attached hydrogens (tertiary/aromatic N) is 1. The van der Waals surface area contributed by atoms with Crippen LogP contribution in [-0.2, 0) is 11.3 Å². The molecule has 1 aromatic rings. The van der Waals surface area contributed by atoms with Gasteiger partial charge in [-0.25, -0.2) is 4.99 Å². The highest BCUT2D eigenvalue weighted by molar-refractivity contribution is 14.0. The Hall–Kier alpha value is -1.39. The van der Waals surface area contributed by atoms with E-state index >= 15 is 0 Å². The quantitative estimate of drug-likeness (QED) is 0.152. The molecule has 0 saturated carbocycles. The molecular formula is C22H37IN4O3. The average Bonchev–Trinajstić information content (AvgIpc) is 3.19. The number of unbranched alkanes of at least 4 members (excludes halogenated alkanes) is 1. The predicted molar refractivity (Wildman–Crippen MR) is 131 cm³/mol. The summed E-state index contributed by atoms with van der Waals surface area (Å²) in [6.07, 6.45) is 3.72. The number of hydrogen-bond donors (Lipinski definition) is 4. The van der Waals surface area contributed by atoms with Gasteiger partial charge in [0.1, 0.15) is 0 Å². The van der Waals surface area contributed by atoms with Gasteiger partial charge in [-0.1, -0.05) is 25.5 Å². The summed E-state index contributed by atoms with van der Waals surface area (Å²) in [6, 6.07) is 7.58. The summed E-state index contributed by atoms with van der Waals surface area (Å²) in [6.45, 7) is 8.44. The number of amides is 1. The monoisotopic (exact) mass is 532 g/mol. The molecule has 0 bridgehead atoms. The molecule has 8 heteroatoms. The number of halogens is 1. The zero-order valence-electron chi connectivity index (χ0n) is 18.2. The summed E-state index contributed by atoms with van der Waals surface area (Å²) in [4.78, 5) is 16.8. The number of nitrogens with one attached hydrogen (secondary N) is 3. The normalized spacial score (nSPS) is 18.6. The van der Waals surface area contributed by atoms with Crippen LogP contribution in [-0.4, -0.2) is 56.4 Å². The maximum Gasteiger partial charge on any atom is 0.251 e. The molecular weight excluding hydrogens is 495 g/mol. The Morgan fingerprint density at radius 1 is 1.20 bits per heavy atom. The summed E-state index contributed by atoms with van der Waals surface area (Å²) < 4.78 is 5.55. The zero-order chi connectivity index (χ0) is 21.0. The van der Waals surface area contributed by atoms with Crippen molar-refractivity contribution in [2.24, 2.45) is 10.4 Å². The molecule has 0 aliphatic carbocycles. The summed E-state index contributed by atoms with van der Waals surface area (Å²) >= 11 is 0. The number of ether oxygens (including phenoxy) is 1. The van der Waals surface area contributed by atoms with Crippen molar-refractivity contribution >= 4 is 35.8 Å². The Balaban J connectivity index is 0.00000450. The molecule has 30 heavy (non-hydrogen) atoms. The molecule has 0 spiro atoms. The van der Waals surface area contributed by atoms with Gasteiger partial charge >= 0.3 is 0 Å². The fourth-order valence-electron chi connectivity index (χ4n) is 3.34. The van der Waals surface area contributed by atoms with Crippen LogP contribution in [0.25, 0.3) is 0 Å². The number of hydrogen-bond acceptors (Lipinski definition) is 4. The molecule has 1 amide bonds. The Morgan fingerprint density at radius 2 is 1.97 bits per heavy atom. The van der Waals surface area contributed by atoms with E-state index in [4.69, 9.17) is 4.74 Å². The van der Waals surface area contributed by atoms with E-state index in [1.807, 2.05) is 31.2 Å². The van der Waals surface area contributed by atoms with E-state index in [2.05, 4.69) is 27.9 Å². The third-order valence-corrected chi connectivity index (χ3v) is 5.25. The first-order chi connectivity index (χ1) is 14.1. The molecule has 1 aliphatic rings. The number of aliphatic hydroxyl groups excluding tert-OH is 1. The van der Waals surface area contributed by atoms with Gasteiger partial charge in [-0.15, -0.1) is 24.0 Å². The number of benzene rings is 1. The van der Waals surface area contributed by atoms with E-state index in [1.54, 1.807) is 0 Å². The third kappa shape index (κ3) is 8.77. The van der Waals surface area contributed by atoms with E-state index in [0.717, 1.165) is 56.9 Å². The van der Waals surface area contributed by atoms with Crippen LogP contribution in [0.3, 0.4) is 0 Å². The third-order valence-electron chi connectivity index (χ3n) is 5.25. The maximum absolute atomic E-state index is 12.1. The van der Waals surface area contributed by atoms with Gasteiger partial charge in [-0.2, -0.15) is 0 Å². The van der Waals surface area contributed by atoms with Crippen molar-refractivity contribution in [1.82, 2.24) is 16.0 Å². The largest absolute Gasteiger partial charge is 0.396 e. The lowest BCUT2D eigenvalue weighted by atomic mass is 9.84. The summed E-state index contributed by atoms with van der Waals surface area (Å²) in [7, 11) is 0. The molecule has 1 aliphatic heterocycles. The summed E-state index contributed by atoms with van der Waals surface area (Å²) in [5, 5.41) is 19.0. The van der Waals surface area contributed by atoms with E-state index in [1.165, 1.54) is 0 Å². The average molecular weight is 532 g/mol. The number of aliphatic hydroxyl groups is 1. The zero-order valence-corrected chi connectivity index (χ0v) is 20.5. The lowest BCUT2D eigenvalue weighted by molar-refractivity contribution is 0.0953. The molecule has 1 heterocycles. The molecule has 4 N–H and O–H groups in total. The van der Waals surface area contributed by atoms with Crippen molar-refractivity contribution in [2.75, 3.05) is 39.5 Å². The van der Waals surface area contributed by atoms with Crippen LogP contribution in [0, 0.1) is 5.41 Å². The fourth-order valence-corrected chi connectivity index (χ4v) is 3.34. The van der Waals surface area contributed by atoms with E-state index < -0.39 is 0 Å². The summed E-state index contributed by atoms with van der Waals surface area (Å²) in [5.74, 6) is 0.717. The van der Waals surface area contributed by atoms with Crippen LogP contribution >= 0.6 is 24.0 Å². The SMILES string of the molecule is CCCCNC(=O)c1ccc(CN=C(NCC)NCC2(CCO)CCOC2)cc1.I. The smallest absolute Gasteiger partial charge is 0.251 e. The molecule has 2 rings (SSSR count). The van der Waals surface area contributed by atoms with E-state index in [9.17, 15) is 9.90 Å². The minimum atomic E-state index is -0.0310. The molecule has 1 atom stereocenters. The molecule has 7 nitrogen and oxygen atoms in total. The predicted octanol–water partition coefficient (Wildman–Crippen LogP) is 2.68. The molecule has 1 unspecified atom stereocenters. The van der Waals surface area contributed by atoms with E-state index in [-0.39, 0.29) is 41.9 Å². The first-order valence-electron chi connectivity index (χ1n) is 10.7. The van der Waals surface area contributed by atoms with Crippen molar-refractivity contribution in [1.29, 1.82) is 0 Å². The number of carbonyl (C=O) groups is 1. The van der Waals surface area contributed by atoms with Crippen molar-refractivity contribution in [3.05, 3.63) is 35.4 Å². The van der Waals surface area contributed by atoms with Gasteiger partial charge in [0.05, 0.1) is 13.2 Å². The van der Waals surface area contributed by atoms with Crippen LogP contribution in [0.5, 0.6) is 0 Å². The van der Waals surface area contributed by atoms with Crippen LogP contribution < -0.4 is 16.0 Å². The highest BCUT2D eigenvalue weighted by Crippen LogP contribution is 2.31. The van der Waals surface area contributed by atoms with Crippen LogP contribution in [0.1, 0.15) is 55.5 Å². The Bertz CT molecular complexity index is 646. The van der Waals surface area contributed by atoms with Crippen molar-refractivity contribution in [3.63, 3.8) is 0 Å². The van der Waals surface area contributed by atoms with Crippen molar-refractivity contribution < 1.29 is 14.6 Å². The van der Waals surface area contributed by atoms with Gasteiger partial charge < -0.3 is 25.8 Å². The molecule has 0 aromatic heterocycles. The number of aliphatic imine (C=N–C) groups is 1. The second-order valence-electron chi connectivity index (χ2n) is 7.63. The Morgan fingerprint density at radius 3 is 2.57 bits per heavy atom. The van der Waals surface area contributed by atoms with Gasteiger partial charge in [-0.3, -0.25) is 4.79 Å². The van der Waals surface area contributed by atoms with Crippen LogP contribution in [0.15, 0.2) is 29.3 Å². The highest BCUT2D eigenvalue weighted by Gasteiger charge is 2.34. The van der Waals surface area contributed by atoms with Gasteiger partial charge in [0, 0.05) is 43.8 Å². The fraction of sp³-hybridized carbons (Fsp3) is 0.636. The number of guanidine groups is 1. The molecule has 1 saturated heterocycles. The number of carbonyl (C=O) groups excluding carboxylic acids is 1. The lowest BCUT2D eigenvalue weighted by Gasteiger charge is -2.27. The molecule has 0 radical (unpaired) electrons. The van der Waals surface area contributed by atoms with Gasteiger partial charge in [0.15, 0.2) is 5.96 Å². The highest BCUT2D eigenvalue weighted by atomic mass is 127. The van der Waals surface area contributed by atoms with Crippen molar-refractivity contribution in [2.45, 2.75) is 46.1 Å². The second-order valence-corrected chi connectivity index (χ2v) is 7.63. The minimum Gasteiger partial charge on any atom is -0.396 e. The van der Waals surface area contributed by atoms with E-state index in [0.29, 0.717) is 25.3 Å².